The summed E-state index contributed by atoms with van der Waals surface area (Å²) in [6, 6.07) is 10.5. The molecule has 0 fully saturated rings. The van der Waals surface area contributed by atoms with Crippen LogP contribution in [0.25, 0.3) is 10.9 Å². The zero-order valence-electron chi connectivity index (χ0n) is 15.2. The van der Waals surface area contributed by atoms with Crippen LogP contribution in [-0.4, -0.2) is 28.2 Å². The normalized spacial score (nSPS) is 11.4. The third kappa shape index (κ3) is 5.02. The molecule has 152 valence electrons. The SMILES string of the molecule is Cn1c(=S)[nH]c2cc(C(=O)NCc3ccc(OCC(F)(F)F)cc3)ccc2c1=O. The van der Waals surface area contributed by atoms with Crippen LogP contribution in [0, 0.1) is 4.77 Å². The van der Waals surface area contributed by atoms with Crippen molar-refractivity contribution in [2.45, 2.75) is 12.7 Å². The minimum atomic E-state index is -4.40. The van der Waals surface area contributed by atoms with E-state index in [1.807, 2.05) is 0 Å². The monoisotopic (exact) mass is 423 g/mol. The maximum Gasteiger partial charge on any atom is 0.422 e. The minimum absolute atomic E-state index is 0.0868. The highest BCUT2D eigenvalue weighted by molar-refractivity contribution is 7.71. The Hall–Kier alpha value is -3.14. The molecular weight excluding hydrogens is 407 g/mol. The number of fused-ring (bicyclic) bond motifs is 1. The number of ether oxygens (including phenoxy) is 1. The van der Waals surface area contributed by atoms with Crippen LogP contribution < -0.4 is 15.6 Å². The molecule has 3 rings (SSSR count). The van der Waals surface area contributed by atoms with E-state index in [0.29, 0.717) is 22.0 Å². The average Bonchev–Trinajstić information content (AvgIpc) is 2.68. The van der Waals surface area contributed by atoms with Gasteiger partial charge in [-0.2, -0.15) is 13.2 Å². The lowest BCUT2D eigenvalue weighted by atomic mass is 10.1. The maximum absolute atomic E-state index is 12.4. The van der Waals surface area contributed by atoms with Crippen molar-refractivity contribution in [3.63, 3.8) is 0 Å². The zero-order chi connectivity index (χ0) is 21.2. The van der Waals surface area contributed by atoms with Gasteiger partial charge >= 0.3 is 6.18 Å². The lowest BCUT2D eigenvalue weighted by molar-refractivity contribution is -0.153. The molecule has 0 aliphatic carbocycles. The first-order chi connectivity index (χ1) is 13.6. The number of aromatic nitrogens is 2. The molecule has 0 aliphatic heterocycles. The van der Waals surface area contributed by atoms with Crippen LogP contribution in [0.5, 0.6) is 5.75 Å². The Bertz CT molecular complexity index is 1170. The van der Waals surface area contributed by atoms with Gasteiger partial charge in [0, 0.05) is 19.2 Å². The summed E-state index contributed by atoms with van der Waals surface area (Å²) >= 11 is 5.08. The van der Waals surface area contributed by atoms with Gasteiger partial charge in [-0.15, -0.1) is 0 Å². The van der Waals surface area contributed by atoms with E-state index in [4.69, 9.17) is 12.2 Å². The highest BCUT2D eigenvalue weighted by Gasteiger charge is 2.28. The van der Waals surface area contributed by atoms with E-state index >= 15 is 0 Å². The van der Waals surface area contributed by atoms with Gasteiger partial charge in [0.05, 0.1) is 10.9 Å². The molecule has 0 bridgehead atoms. The number of nitrogens with zero attached hydrogens (tertiary/aromatic N) is 1. The largest absolute Gasteiger partial charge is 0.484 e. The Labute approximate surface area is 167 Å². The summed E-state index contributed by atoms with van der Waals surface area (Å²) in [4.78, 5) is 27.5. The number of H-pyrrole nitrogens is 1. The van der Waals surface area contributed by atoms with E-state index in [0.717, 1.165) is 0 Å². The number of alkyl halides is 3. The van der Waals surface area contributed by atoms with Crippen LogP contribution in [0.4, 0.5) is 13.2 Å². The van der Waals surface area contributed by atoms with Gasteiger partial charge in [0.15, 0.2) is 11.4 Å². The second-order valence-electron chi connectivity index (χ2n) is 6.29. The van der Waals surface area contributed by atoms with Crippen LogP contribution in [0.3, 0.4) is 0 Å². The Balaban J connectivity index is 1.67. The quantitative estimate of drug-likeness (QED) is 0.617. The molecule has 3 aromatic rings. The second kappa shape index (κ2) is 8.08. The highest BCUT2D eigenvalue weighted by Crippen LogP contribution is 2.19. The molecular formula is C19H16F3N3O3S. The summed E-state index contributed by atoms with van der Waals surface area (Å²) in [7, 11) is 1.56. The van der Waals surface area contributed by atoms with E-state index in [9.17, 15) is 22.8 Å². The van der Waals surface area contributed by atoms with Crippen molar-refractivity contribution >= 4 is 29.0 Å². The molecule has 1 aromatic heterocycles. The van der Waals surface area contributed by atoms with Crippen molar-refractivity contribution in [1.82, 2.24) is 14.9 Å². The average molecular weight is 423 g/mol. The zero-order valence-corrected chi connectivity index (χ0v) is 16.0. The van der Waals surface area contributed by atoms with Gasteiger partial charge in [-0.3, -0.25) is 14.2 Å². The summed E-state index contributed by atoms with van der Waals surface area (Å²) in [6.07, 6.45) is -4.40. The van der Waals surface area contributed by atoms with Gasteiger partial charge in [0.2, 0.25) is 0 Å². The lowest BCUT2D eigenvalue weighted by Crippen LogP contribution is -2.23. The van der Waals surface area contributed by atoms with E-state index < -0.39 is 12.8 Å². The third-order valence-corrected chi connectivity index (χ3v) is 4.52. The fraction of sp³-hybridized carbons (Fsp3) is 0.211. The number of hydrogen-bond acceptors (Lipinski definition) is 4. The lowest BCUT2D eigenvalue weighted by Gasteiger charge is -2.10. The van der Waals surface area contributed by atoms with Gasteiger partial charge < -0.3 is 15.0 Å². The number of aromatic amines is 1. The Morgan fingerprint density at radius 2 is 1.90 bits per heavy atom. The predicted molar refractivity (Wildman–Crippen MR) is 104 cm³/mol. The van der Waals surface area contributed by atoms with Crippen molar-refractivity contribution in [3.8, 4) is 5.75 Å². The molecule has 0 unspecified atom stereocenters. The molecule has 0 radical (unpaired) electrons. The van der Waals surface area contributed by atoms with Crippen molar-refractivity contribution in [2.24, 2.45) is 7.05 Å². The number of rotatable bonds is 5. The predicted octanol–water partition coefficient (Wildman–Crippen LogP) is 3.47. The molecule has 6 nitrogen and oxygen atoms in total. The number of halogens is 3. The summed E-state index contributed by atoms with van der Waals surface area (Å²) in [5, 5.41) is 3.12. The Morgan fingerprint density at radius 1 is 1.21 bits per heavy atom. The molecule has 0 spiro atoms. The van der Waals surface area contributed by atoms with Crippen LogP contribution in [0.15, 0.2) is 47.3 Å². The topological polar surface area (TPSA) is 76.1 Å². The van der Waals surface area contributed by atoms with Crippen LogP contribution in [0.2, 0.25) is 0 Å². The number of nitrogens with one attached hydrogen (secondary N) is 2. The molecule has 0 atom stereocenters. The molecule has 29 heavy (non-hydrogen) atoms. The molecule has 10 heteroatoms. The molecule has 2 aromatic carbocycles. The van der Waals surface area contributed by atoms with Gasteiger partial charge in [0.1, 0.15) is 5.75 Å². The minimum Gasteiger partial charge on any atom is -0.484 e. The number of benzene rings is 2. The first kappa shape index (κ1) is 20.6. The smallest absolute Gasteiger partial charge is 0.422 e. The van der Waals surface area contributed by atoms with Crippen LogP contribution in [0.1, 0.15) is 15.9 Å². The molecule has 1 heterocycles. The van der Waals surface area contributed by atoms with E-state index in [1.54, 1.807) is 25.2 Å². The van der Waals surface area contributed by atoms with Gasteiger partial charge in [-0.05, 0) is 48.1 Å². The van der Waals surface area contributed by atoms with E-state index in [2.05, 4.69) is 15.0 Å². The highest BCUT2D eigenvalue weighted by atomic mass is 32.1. The van der Waals surface area contributed by atoms with E-state index in [1.165, 1.54) is 28.8 Å². The van der Waals surface area contributed by atoms with Gasteiger partial charge in [-0.25, -0.2) is 0 Å². The van der Waals surface area contributed by atoms with Crippen LogP contribution >= 0.6 is 12.2 Å². The second-order valence-corrected chi connectivity index (χ2v) is 6.67. The summed E-state index contributed by atoms with van der Waals surface area (Å²) in [5.41, 5.74) is 1.22. The molecule has 0 saturated carbocycles. The molecule has 0 aliphatic rings. The Morgan fingerprint density at radius 3 is 2.55 bits per heavy atom. The summed E-state index contributed by atoms with van der Waals surface area (Å²) in [6.45, 7) is -1.19. The van der Waals surface area contributed by atoms with Gasteiger partial charge in [0.25, 0.3) is 11.5 Å². The number of hydrogen-bond donors (Lipinski definition) is 2. The molecule has 0 saturated heterocycles. The number of amides is 1. The summed E-state index contributed by atoms with van der Waals surface area (Å²) in [5.74, 6) is -0.284. The Kier molecular flexibility index (Phi) is 5.73. The van der Waals surface area contributed by atoms with Gasteiger partial charge in [-0.1, -0.05) is 12.1 Å². The summed E-state index contributed by atoms with van der Waals surface area (Å²) < 4.78 is 42.6. The number of carbonyl (C=O) groups excluding carboxylic acids is 1. The van der Waals surface area contributed by atoms with E-state index in [-0.39, 0.29) is 28.5 Å². The van der Waals surface area contributed by atoms with Crippen molar-refractivity contribution in [2.75, 3.05) is 6.61 Å². The first-order valence-electron chi connectivity index (χ1n) is 8.44. The maximum atomic E-state index is 12.4. The molecule has 1 amide bonds. The van der Waals surface area contributed by atoms with Crippen molar-refractivity contribution in [1.29, 1.82) is 0 Å². The number of carbonyl (C=O) groups is 1. The third-order valence-electron chi connectivity index (χ3n) is 4.14. The van der Waals surface area contributed by atoms with Crippen molar-refractivity contribution < 1.29 is 22.7 Å². The first-order valence-corrected chi connectivity index (χ1v) is 8.84. The fourth-order valence-corrected chi connectivity index (χ4v) is 2.79. The fourth-order valence-electron chi connectivity index (χ4n) is 2.60. The van der Waals surface area contributed by atoms with Crippen molar-refractivity contribution in [3.05, 3.63) is 68.7 Å². The molecule has 2 N–H and O–H groups in total. The van der Waals surface area contributed by atoms with Crippen LogP contribution in [-0.2, 0) is 13.6 Å². The standard InChI is InChI=1S/C19H16F3N3O3S/c1-25-17(27)14-7-4-12(8-15(14)24-18(25)29)16(26)23-9-11-2-5-13(6-3-11)28-10-19(20,21)22/h2-8H,9-10H2,1H3,(H,23,26)(H,24,29).